The second-order valence-corrected chi connectivity index (χ2v) is 7.98. The lowest BCUT2D eigenvalue weighted by atomic mass is 10.1. The Morgan fingerprint density at radius 1 is 1.19 bits per heavy atom. The first-order valence-corrected chi connectivity index (χ1v) is 11.2. The van der Waals surface area contributed by atoms with Crippen LogP contribution in [-0.2, 0) is 6.54 Å². The van der Waals surface area contributed by atoms with Crippen molar-refractivity contribution in [3.05, 3.63) is 53.5 Å². The van der Waals surface area contributed by atoms with E-state index in [4.69, 9.17) is 0 Å². The van der Waals surface area contributed by atoms with E-state index in [1.807, 2.05) is 37.1 Å². The quantitative estimate of drug-likeness (QED) is 0.303. The molecule has 0 unspecified atom stereocenters. The van der Waals surface area contributed by atoms with Crippen LogP contribution >= 0.6 is 24.0 Å². The van der Waals surface area contributed by atoms with Crippen molar-refractivity contribution in [3.8, 4) is 0 Å². The Morgan fingerprint density at radius 2 is 1.91 bits per heavy atom. The van der Waals surface area contributed by atoms with Gasteiger partial charge in [-0.1, -0.05) is 12.1 Å². The van der Waals surface area contributed by atoms with E-state index in [0.717, 1.165) is 56.4 Å². The SMILES string of the molecule is CCN(CC)c1ccc(CNC(=NC)NC2CCN(c3ccc(C)cn3)CC2)cc1F.I. The first kappa shape index (κ1) is 26.2. The van der Waals surface area contributed by atoms with Crippen LogP contribution in [0, 0.1) is 12.7 Å². The molecule has 1 aromatic carbocycles. The van der Waals surface area contributed by atoms with E-state index >= 15 is 0 Å². The molecule has 0 saturated carbocycles. The number of hydrogen-bond donors (Lipinski definition) is 2. The second-order valence-electron chi connectivity index (χ2n) is 7.98. The Balaban J connectivity index is 0.00000363. The molecule has 2 aromatic rings. The molecule has 2 N–H and O–H groups in total. The van der Waals surface area contributed by atoms with E-state index in [0.29, 0.717) is 18.3 Å². The van der Waals surface area contributed by atoms with Crippen LogP contribution in [0.5, 0.6) is 0 Å². The molecule has 0 bridgehead atoms. The van der Waals surface area contributed by atoms with E-state index in [1.165, 1.54) is 5.56 Å². The maximum atomic E-state index is 14.5. The summed E-state index contributed by atoms with van der Waals surface area (Å²) in [7, 11) is 1.77. The molecule has 3 rings (SSSR count). The predicted octanol–water partition coefficient (Wildman–Crippen LogP) is 4.33. The summed E-state index contributed by atoms with van der Waals surface area (Å²) >= 11 is 0. The largest absolute Gasteiger partial charge is 0.370 e. The van der Waals surface area contributed by atoms with E-state index in [2.05, 4.69) is 44.6 Å². The molecular formula is C24H36FIN6. The maximum Gasteiger partial charge on any atom is 0.191 e. The summed E-state index contributed by atoms with van der Waals surface area (Å²) in [5.74, 6) is 1.62. The fraction of sp³-hybridized carbons (Fsp3) is 0.500. The van der Waals surface area contributed by atoms with Crippen LogP contribution in [-0.4, -0.2) is 50.2 Å². The molecule has 2 heterocycles. The fourth-order valence-electron chi connectivity index (χ4n) is 3.95. The highest BCUT2D eigenvalue weighted by molar-refractivity contribution is 14.0. The predicted molar refractivity (Wildman–Crippen MR) is 143 cm³/mol. The molecule has 0 atom stereocenters. The smallest absolute Gasteiger partial charge is 0.191 e. The summed E-state index contributed by atoms with van der Waals surface area (Å²) in [4.78, 5) is 13.2. The van der Waals surface area contributed by atoms with Crippen LogP contribution in [0.25, 0.3) is 0 Å². The Hall–Kier alpha value is -2.10. The van der Waals surface area contributed by atoms with Crippen LogP contribution in [0.15, 0.2) is 41.5 Å². The van der Waals surface area contributed by atoms with Crippen molar-refractivity contribution in [2.24, 2.45) is 4.99 Å². The van der Waals surface area contributed by atoms with Gasteiger partial charge in [0.2, 0.25) is 0 Å². The van der Waals surface area contributed by atoms with Gasteiger partial charge in [0.15, 0.2) is 5.96 Å². The average molecular weight is 554 g/mol. The number of anilines is 2. The molecule has 0 radical (unpaired) electrons. The average Bonchev–Trinajstić information content (AvgIpc) is 2.79. The van der Waals surface area contributed by atoms with Gasteiger partial charge in [0, 0.05) is 52.0 Å². The third-order valence-electron chi connectivity index (χ3n) is 5.86. The van der Waals surface area contributed by atoms with Gasteiger partial charge in [-0.15, -0.1) is 24.0 Å². The third kappa shape index (κ3) is 6.95. The number of nitrogens with one attached hydrogen (secondary N) is 2. The number of benzene rings is 1. The number of guanidine groups is 1. The maximum absolute atomic E-state index is 14.5. The molecule has 1 aromatic heterocycles. The zero-order valence-corrected chi connectivity index (χ0v) is 21.9. The number of aryl methyl sites for hydroxylation is 1. The molecule has 32 heavy (non-hydrogen) atoms. The molecule has 0 amide bonds. The Kier molecular flexibility index (Phi) is 10.5. The number of aliphatic imine (C=N–C) groups is 1. The molecular weight excluding hydrogens is 518 g/mol. The molecule has 0 aliphatic carbocycles. The Morgan fingerprint density at radius 3 is 2.47 bits per heavy atom. The number of aromatic nitrogens is 1. The van der Waals surface area contributed by atoms with Gasteiger partial charge >= 0.3 is 0 Å². The molecule has 1 aliphatic rings. The van der Waals surface area contributed by atoms with Crippen molar-refractivity contribution in [2.45, 2.75) is 46.2 Å². The highest BCUT2D eigenvalue weighted by atomic mass is 127. The summed E-state index contributed by atoms with van der Waals surface area (Å²) in [5.41, 5.74) is 2.74. The van der Waals surface area contributed by atoms with Crippen LogP contribution in [0.4, 0.5) is 15.9 Å². The van der Waals surface area contributed by atoms with Gasteiger partial charge in [-0.25, -0.2) is 9.37 Å². The van der Waals surface area contributed by atoms with E-state index in [-0.39, 0.29) is 29.8 Å². The second kappa shape index (κ2) is 12.8. The summed E-state index contributed by atoms with van der Waals surface area (Å²) < 4.78 is 14.5. The first-order chi connectivity index (χ1) is 15.0. The lowest BCUT2D eigenvalue weighted by Crippen LogP contribution is -2.48. The number of piperidine rings is 1. The molecule has 1 aliphatic heterocycles. The first-order valence-electron chi connectivity index (χ1n) is 11.2. The zero-order chi connectivity index (χ0) is 22.2. The van der Waals surface area contributed by atoms with Crippen molar-refractivity contribution in [1.29, 1.82) is 0 Å². The van der Waals surface area contributed by atoms with Crippen molar-refractivity contribution < 1.29 is 4.39 Å². The molecule has 6 nitrogen and oxygen atoms in total. The molecule has 8 heteroatoms. The van der Waals surface area contributed by atoms with Crippen LogP contribution < -0.4 is 20.4 Å². The van der Waals surface area contributed by atoms with Crippen LogP contribution in [0.1, 0.15) is 37.8 Å². The molecule has 1 fully saturated rings. The minimum Gasteiger partial charge on any atom is -0.370 e. The number of rotatable bonds is 7. The van der Waals surface area contributed by atoms with Crippen LogP contribution in [0.3, 0.4) is 0 Å². The normalized spacial score (nSPS) is 14.7. The third-order valence-corrected chi connectivity index (χ3v) is 5.86. The number of nitrogens with zero attached hydrogens (tertiary/aromatic N) is 4. The standard InChI is InChI=1S/C24H35FN6.HI/c1-5-30(6-2)22-9-8-19(15-21(22)25)17-28-24(26-4)29-20-11-13-31(14-12-20)23-10-7-18(3)16-27-23;/h7-10,15-16,20H,5-6,11-14,17H2,1-4H3,(H2,26,28,29);1H. The van der Waals surface area contributed by atoms with Gasteiger partial charge in [0.1, 0.15) is 11.6 Å². The molecule has 1 saturated heterocycles. The number of halogens is 2. The highest BCUT2D eigenvalue weighted by Gasteiger charge is 2.21. The van der Waals surface area contributed by atoms with Gasteiger partial charge in [-0.3, -0.25) is 4.99 Å². The fourth-order valence-corrected chi connectivity index (χ4v) is 3.95. The summed E-state index contributed by atoms with van der Waals surface area (Å²) in [6.45, 7) is 10.2. The van der Waals surface area contributed by atoms with Crippen molar-refractivity contribution in [3.63, 3.8) is 0 Å². The van der Waals surface area contributed by atoms with E-state index in [9.17, 15) is 4.39 Å². The van der Waals surface area contributed by atoms with E-state index < -0.39 is 0 Å². The van der Waals surface area contributed by atoms with Crippen molar-refractivity contribution in [2.75, 3.05) is 43.0 Å². The van der Waals surface area contributed by atoms with Gasteiger partial charge in [-0.2, -0.15) is 0 Å². The lowest BCUT2D eigenvalue weighted by Gasteiger charge is -2.33. The number of pyridine rings is 1. The minimum absolute atomic E-state index is 0. The summed E-state index contributed by atoms with van der Waals surface area (Å²) in [6, 6.07) is 10.0. The minimum atomic E-state index is -0.178. The van der Waals surface area contributed by atoms with Gasteiger partial charge in [-0.05, 0) is 62.9 Å². The van der Waals surface area contributed by atoms with Gasteiger partial charge in [0.25, 0.3) is 0 Å². The summed E-state index contributed by atoms with van der Waals surface area (Å²) in [6.07, 6.45) is 3.95. The highest BCUT2D eigenvalue weighted by Crippen LogP contribution is 2.21. The topological polar surface area (TPSA) is 55.8 Å². The Labute approximate surface area is 208 Å². The van der Waals surface area contributed by atoms with Crippen molar-refractivity contribution >= 4 is 41.4 Å². The zero-order valence-electron chi connectivity index (χ0n) is 19.6. The van der Waals surface area contributed by atoms with Crippen molar-refractivity contribution in [1.82, 2.24) is 15.6 Å². The van der Waals surface area contributed by atoms with Gasteiger partial charge in [0.05, 0.1) is 5.69 Å². The van der Waals surface area contributed by atoms with E-state index in [1.54, 1.807) is 13.1 Å². The lowest BCUT2D eigenvalue weighted by molar-refractivity contribution is 0.459. The molecule has 176 valence electrons. The molecule has 0 spiro atoms. The summed E-state index contributed by atoms with van der Waals surface area (Å²) in [5, 5.41) is 6.83. The van der Waals surface area contributed by atoms with Crippen LogP contribution in [0.2, 0.25) is 0 Å². The number of hydrogen-bond acceptors (Lipinski definition) is 4. The van der Waals surface area contributed by atoms with Gasteiger partial charge < -0.3 is 20.4 Å². The monoisotopic (exact) mass is 554 g/mol. The Bertz CT molecular complexity index is 861.